The van der Waals surface area contributed by atoms with Crippen molar-refractivity contribution in [1.29, 1.82) is 0 Å². The maximum atomic E-state index is 13.0. The molecule has 17 nitrogen and oxygen atoms in total. The van der Waals surface area contributed by atoms with E-state index in [1.807, 2.05) is 0 Å². The molecule has 522 valence electrons. The molecule has 0 aromatic heterocycles. The first-order valence-corrected chi connectivity index (χ1v) is 39.3. The van der Waals surface area contributed by atoms with E-state index >= 15 is 0 Å². The Bertz CT molecular complexity index is 1690. The number of rotatable bonds is 70. The van der Waals surface area contributed by atoms with Gasteiger partial charge in [-0.05, 0) is 25.7 Å². The van der Waals surface area contributed by atoms with Crippen LogP contribution in [-0.2, 0) is 65.4 Å². The van der Waals surface area contributed by atoms with Crippen LogP contribution in [0, 0.1) is 0 Å². The lowest BCUT2D eigenvalue weighted by atomic mass is 10.0. The maximum Gasteiger partial charge on any atom is 0.472 e. The van der Waals surface area contributed by atoms with Crippen LogP contribution in [0.3, 0.4) is 0 Å². The molecule has 0 bridgehead atoms. The number of carbonyl (C=O) groups is 4. The summed E-state index contributed by atoms with van der Waals surface area (Å²) < 4.78 is 68.2. The van der Waals surface area contributed by atoms with E-state index in [1.54, 1.807) is 0 Å². The molecule has 0 spiro atoms. The largest absolute Gasteiger partial charge is 0.472 e. The van der Waals surface area contributed by atoms with Crippen molar-refractivity contribution in [3.05, 3.63) is 0 Å². The molecule has 19 heteroatoms. The van der Waals surface area contributed by atoms with Gasteiger partial charge in [-0.3, -0.25) is 37.3 Å². The molecule has 5 atom stereocenters. The highest BCUT2D eigenvalue weighted by Gasteiger charge is 2.30. The molecule has 0 aliphatic heterocycles. The predicted octanol–water partition coefficient (Wildman–Crippen LogP) is 19.9. The highest BCUT2D eigenvalue weighted by molar-refractivity contribution is 7.47. The van der Waals surface area contributed by atoms with E-state index in [-0.39, 0.29) is 25.7 Å². The molecule has 0 aromatic rings. The van der Waals surface area contributed by atoms with Crippen LogP contribution in [0.2, 0.25) is 0 Å². The number of aliphatic hydroxyl groups is 1. The summed E-state index contributed by atoms with van der Waals surface area (Å²) in [7, 11) is -9.89. The number of esters is 4. The SMILES string of the molecule is CCCCCCCCCCCCCCCCC(=O)OC[C@H](COP(=O)(O)OC[C@@H](O)COP(=O)(O)OC[C@@H](COC(=O)CCCCCCCCCCCC)OC(=O)CCCCCCCCCCCC)OC(=O)CCCCCCCCCCCCCCCC. The summed E-state index contributed by atoms with van der Waals surface area (Å²) >= 11 is 0. The predicted molar refractivity (Wildman–Crippen MR) is 354 cm³/mol. The van der Waals surface area contributed by atoms with E-state index in [2.05, 4.69) is 27.7 Å². The minimum absolute atomic E-state index is 0.107. The monoisotopic (exact) mass is 1300 g/mol. The third-order valence-corrected chi connectivity index (χ3v) is 18.0. The Hall–Kier alpha value is -1.94. The second kappa shape index (κ2) is 63.8. The third kappa shape index (κ3) is 62.8. The molecule has 0 radical (unpaired) electrons. The Morgan fingerprint density at radius 2 is 0.455 bits per heavy atom. The van der Waals surface area contributed by atoms with Crippen LogP contribution in [0.25, 0.3) is 0 Å². The standard InChI is InChI=1S/C69H134O17P2/c1-5-9-13-17-21-25-29-31-33-35-39-42-46-50-54-67(72)80-60-65(86-69(74)56-52-48-44-40-36-34-32-30-26-22-18-14-10-6-2)62-84-88(77,78)82-58-63(70)57-81-87(75,76)83-61-64(85-68(73)55-51-47-43-38-28-24-20-16-12-8-4)59-79-66(71)53-49-45-41-37-27-23-19-15-11-7-3/h63-65,70H,5-62H2,1-4H3,(H,75,76)(H,77,78)/t63-,64+,65+/m0/s1. The highest BCUT2D eigenvalue weighted by atomic mass is 31.2. The lowest BCUT2D eigenvalue weighted by Crippen LogP contribution is -2.30. The number of phosphoric acid groups is 2. The van der Waals surface area contributed by atoms with Crippen molar-refractivity contribution < 1.29 is 80.2 Å². The first-order chi connectivity index (χ1) is 42.7. The minimum atomic E-state index is -4.95. The smallest absolute Gasteiger partial charge is 0.462 e. The zero-order chi connectivity index (χ0) is 64.7. The van der Waals surface area contributed by atoms with Gasteiger partial charge in [-0.1, -0.05) is 310 Å². The maximum absolute atomic E-state index is 13.0. The van der Waals surface area contributed by atoms with Gasteiger partial charge in [0.2, 0.25) is 0 Å². The normalized spacial score (nSPS) is 14.0. The molecule has 0 saturated heterocycles. The van der Waals surface area contributed by atoms with Crippen molar-refractivity contribution in [2.75, 3.05) is 39.6 Å². The molecule has 88 heavy (non-hydrogen) atoms. The lowest BCUT2D eigenvalue weighted by molar-refractivity contribution is -0.161. The fourth-order valence-electron chi connectivity index (χ4n) is 10.5. The number of hydrogen-bond donors (Lipinski definition) is 3. The van der Waals surface area contributed by atoms with Crippen LogP contribution >= 0.6 is 15.6 Å². The molecular weight excluding hydrogens is 1160 g/mol. The highest BCUT2D eigenvalue weighted by Crippen LogP contribution is 2.45. The van der Waals surface area contributed by atoms with E-state index in [0.717, 1.165) is 89.9 Å². The van der Waals surface area contributed by atoms with Crippen LogP contribution in [0.1, 0.15) is 362 Å². The Balaban J connectivity index is 5.23. The van der Waals surface area contributed by atoms with Gasteiger partial charge in [0.25, 0.3) is 0 Å². The van der Waals surface area contributed by atoms with E-state index in [1.165, 1.54) is 193 Å². The van der Waals surface area contributed by atoms with Crippen molar-refractivity contribution in [1.82, 2.24) is 0 Å². The molecule has 0 aliphatic rings. The zero-order valence-electron chi connectivity index (χ0n) is 56.7. The van der Waals surface area contributed by atoms with Crippen molar-refractivity contribution in [2.45, 2.75) is 380 Å². The van der Waals surface area contributed by atoms with E-state index in [4.69, 9.17) is 37.0 Å². The molecule has 0 amide bonds. The summed E-state index contributed by atoms with van der Waals surface area (Å²) in [5.74, 6) is -2.12. The van der Waals surface area contributed by atoms with Crippen LogP contribution in [0.15, 0.2) is 0 Å². The Morgan fingerprint density at radius 3 is 0.670 bits per heavy atom. The second-order valence-electron chi connectivity index (χ2n) is 24.9. The zero-order valence-corrected chi connectivity index (χ0v) is 58.5. The van der Waals surface area contributed by atoms with Gasteiger partial charge >= 0.3 is 39.5 Å². The summed E-state index contributed by atoms with van der Waals surface area (Å²) in [5.41, 5.74) is 0. The van der Waals surface area contributed by atoms with Crippen molar-refractivity contribution in [2.24, 2.45) is 0 Å². The fourth-order valence-corrected chi connectivity index (χ4v) is 12.1. The molecular formula is C69H134O17P2. The molecule has 0 rings (SSSR count). The van der Waals surface area contributed by atoms with Crippen molar-refractivity contribution in [3.8, 4) is 0 Å². The van der Waals surface area contributed by atoms with Gasteiger partial charge in [-0.2, -0.15) is 0 Å². The van der Waals surface area contributed by atoms with Crippen LogP contribution in [0.4, 0.5) is 0 Å². The van der Waals surface area contributed by atoms with E-state index in [9.17, 15) is 43.2 Å². The van der Waals surface area contributed by atoms with Gasteiger partial charge < -0.3 is 33.8 Å². The average molecular weight is 1300 g/mol. The number of phosphoric ester groups is 2. The van der Waals surface area contributed by atoms with E-state index in [0.29, 0.717) is 25.7 Å². The lowest BCUT2D eigenvalue weighted by Gasteiger charge is -2.21. The molecule has 0 aliphatic carbocycles. The number of hydrogen-bond acceptors (Lipinski definition) is 15. The van der Waals surface area contributed by atoms with Gasteiger partial charge in [0.1, 0.15) is 19.3 Å². The Labute approximate surface area is 537 Å². The van der Waals surface area contributed by atoms with Gasteiger partial charge in [0.15, 0.2) is 12.2 Å². The number of unbranched alkanes of at least 4 members (excludes halogenated alkanes) is 44. The first-order valence-electron chi connectivity index (χ1n) is 36.3. The van der Waals surface area contributed by atoms with E-state index < -0.39 is 97.5 Å². The quantitative estimate of drug-likeness (QED) is 0.0222. The Morgan fingerprint density at radius 1 is 0.273 bits per heavy atom. The van der Waals surface area contributed by atoms with Crippen LogP contribution in [-0.4, -0.2) is 96.7 Å². The molecule has 0 saturated carbocycles. The summed E-state index contributed by atoms with van der Waals surface area (Å²) in [4.78, 5) is 72.4. The topological polar surface area (TPSA) is 237 Å². The molecule has 3 N–H and O–H groups in total. The minimum Gasteiger partial charge on any atom is -0.462 e. The molecule has 0 heterocycles. The molecule has 0 aromatic carbocycles. The molecule has 2 unspecified atom stereocenters. The second-order valence-corrected chi connectivity index (χ2v) is 27.8. The van der Waals surface area contributed by atoms with Crippen molar-refractivity contribution >= 4 is 39.5 Å². The Kier molecular flexibility index (Phi) is 62.4. The van der Waals surface area contributed by atoms with Gasteiger partial charge in [-0.25, -0.2) is 9.13 Å². The average Bonchev–Trinajstić information content (AvgIpc) is 3.65. The van der Waals surface area contributed by atoms with Crippen molar-refractivity contribution in [3.63, 3.8) is 0 Å². The number of carbonyl (C=O) groups excluding carboxylic acids is 4. The van der Waals surface area contributed by atoms with Gasteiger partial charge in [-0.15, -0.1) is 0 Å². The summed E-state index contributed by atoms with van der Waals surface area (Å²) in [5, 5.41) is 10.6. The van der Waals surface area contributed by atoms with Gasteiger partial charge in [0, 0.05) is 25.7 Å². The molecule has 0 fully saturated rings. The van der Waals surface area contributed by atoms with Gasteiger partial charge in [0.05, 0.1) is 26.4 Å². The first kappa shape index (κ1) is 86.1. The summed E-state index contributed by atoms with van der Waals surface area (Å²) in [6.07, 6.45) is 51.1. The summed E-state index contributed by atoms with van der Waals surface area (Å²) in [6, 6.07) is 0. The van der Waals surface area contributed by atoms with Crippen LogP contribution in [0.5, 0.6) is 0 Å². The fraction of sp³-hybridized carbons (Fsp3) is 0.942. The number of aliphatic hydroxyl groups excluding tert-OH is 1. The number of ether oxygens (including phenoxy) is 4. The van der Waals surface area contributed by atoms with Crippen LogP contribution < -0.4 is 0 Å². The summed E-state index contributed by atoms with van der Waals surface area (Å²) in [6.45, 7) is 4.93. The third-order valence-electron chi connectivity index (χ3n) is 16.1.